The summed E-state index contributed by atoms with van der Waals surface area (Å²) >= 11 is 11.1. The maximum absolute atomic E-state index is 14.0. The minimum atomic E-state index is -1.30. The lowest BCUT2D eigenvalue weighted by Gasteiger charge is -2.12. The number of carboxylic acid groups (broad SMARTS) is 1. The van der Waals surface area contributed by atoms with Crippen LogP contribution in [0.25, 0.3) is 0 Å². The number of nitrogen functional groups attached to an aromatic ring is 1. The molecule has 0 fully saturated rings. The second kappa shape index (κ2) is 22.5. The molecular formula is C39H35BCl2F2N6O6P. The standard InChI is InChI=1S/C19H15ClFN3O2.C13H12N2O3.C6H5ClFN.CH3BOP/c1-12-10-16(25)18(23-24(12)11-13-6-3-2-4-7-13)19(26)22-15-9-5-8-14(20)17(15)21;1-9-7-11(16)12(13(17)18)14-15(9)8-10-5-3-2-4-6-10;7-4-2-1-3-5(9)6(4)8;1-2-4-3/h2-10H,11H2,1H3,(H,22,26);2-7H,8H2,1H3,(H,17,18);1-3H,9H2;1H3. The van der Waals surface area contributed by atoms with Gasteiger partial charge >= 0.3 is 5.97 Å². The normalized spacial score (nSPS) is 10.1. The third kappa shape index (κ3) is 13.9. The van der Waals surface area contributed by atoms with Crippen molar-refractivity contribution in [1.82, 2.24) is 19.6 Å². The van der Waals surface area contributed by atoms with Crippen molar-refractivity contribution in [2.75, 3.05) is 11.1 Å². The monoisotopic (exact) mass is 833 g/mol. The number of rotatable bonds is 8. The van der Waals surface area contributed by atoms with Crippen LogP contribution in [0.15, 0.2) is 119 Å². The molecule has 0 atom stereocenters. The lowest BCUT2D eigenvalue weighted by molar-refractivity contribution is 0.0685. The van der Waals surface area contributed by atoms with Crippen LogP contribution in [0.2, 0.25) is 16.9 Å². The number of benzene rings is 4. The third-order valence-electron chi connectivity index (χ3n) is 7.46. The number of aromatic carboxylic acids is 1. The van der Waals surface area contributed by atoms with Crippen molar-refractivity contribution in [3.05, 3.63) is 185 Å². The number of nitrogens with zero attached hydrogens (tertiary/aromatic N) is 4. The molecule has 18 heteroatoms. The van der Waals surface area contributed by atoms with E-state index >= 15 is 0 Å². The van der Waals surface area contributed by atoms with Crippen molar-refractivity contribution in [3.63, 3.8) is 0 Å². The summed E-state index contributed by atoms with van der Waals surface area (Å²) in [4.78, 5) is 46.9. The summed E-state index contributed by atoms with van der Waals surface area (Å²) in [5, 5.41) is 19.2. The number of hydrogen-bond acceptors (Lipinski definition) is 8. The van der Waals surface area contributed by atoms with Gasteiger partial charge in [-0.05, 0) is 49.2 Å². The number of anilines is 2. The SMILES string of the molecule is C[B]P=O.Cc1cc(=O)c(C(=O)Nc2cccc(Cl)c2F)nn1Cc1ccccc1.Cc1cc(=O)c(C(=O)O)nn1Cc1ccccc1.Nc1cccc(Cl)c1F. The summed E-state index contributed by atoms with van der Waals surface area (Å²) in [6, 6.07) is 30.4. The number of nitrogens with one attached hydrogen (secondary N) is 1. The predicted octanol–water partition coefficient (Wildman–Crippen LogP) is 7.95. The molecule has 2 aromatic heterocycles. The van der Waals surface area contributed by atoms with Crippen LogP contribution in [0, 0.1) is 25.5 Å². The second-order valence-electron chi connectivity index (χ2n) is 11.7. The Balaban J connectivity index is 0.000000241. The fraction of sp³-hybridized carbons (Fsp3) is 0.128. The van der Waals surface area contributed by atoms with Gasteiger partial charge in [-0.2, -0.15) is 10.2 Å². The summed E-state index contributed by atoms with van der Waals surface area (Å²) in [5.41, 5.74) is 6.49. The smallest absolute Gasteiger partial charge is 0.360 e. The van der Waals surface area contributed by atoms with Gasteiger partial charge in [-0.3, -0.25) is 28.3 Å². The molecule has 0 saturated heterocycles. The van der Waals surface area contributed by atoms with Gasteiger partial charge in [-0.1, -0.05) is 103 Å². The van der Waals surface area contributed by atoms with Crippen molar-refractivity contribution in [2.24, 2.45) is 0 Å². The van der Waals surface area contributed by atoms with Crippen LogP contribution in [-0.2, 0) is 17.7 Å². The first-order chi connectivity index (χ1) is 27.2. The van der Waals surface area contributed by atoms with E-state index in [0.29, 0.717) is 24.5 Å². The Kier molecular flexibility index (Phi) is 17.9. The number of carbonyl (C=O) groups is 2. The van der Waals surface area contributed by atoms with Gasteiger partial charge in [0.2, 0.25) is 23.6 Å². The van der Waals surface area contributed by atoms with E-state index in [0.717, 1.165) is 11.1 Å². The molecular weight excluding hydrogens is 799 g/mol. The Morgan fingerprint density at radius 1 is 0.754 bits per heavy atom. The molecule has 12 nitrogen and oxygen atoms in total. The molecule has 1 amide bonds. The zero-order chi connectivity index (χ0) is 42.1. The number of halogens is 4. The summed E-state index contributed by atoms with van der Waals surface area (Å²) in [6.45, 7) is 7.57. The van der Waals surface area contributed by atoms with Crippen molar-refractivity contribution in [1.29, 1.82) is 0 Å². The predicted molar refractivity (Wildman–Crippen MR) is 219 cm³/mol. The summed E-state index contributed by atoms with van der Waals surface area (Å²) in [5.74, 6) is -3.40. The van der Waals surface area contributed by atoms with Gasteiger partial charge < -0.3 is 16.2 Å². The third-order valence-corrected chi connectivity index (χ3v) is 8.25. The van der Waals surface area contributed by atoms with Crippen LogP contribution in [0.4, 0.5) is 20.2 Å². The molecule has 4 aromatic carbocycles. The fourth-order valence-electron chi connectivity index (χ4n) is 4.60. The quantitative estimate of drug-likeness (QED) is 0.0780. The van der Waals surface area contributed by atoms with Crippen molar-refractivity contribution in [2.45, 2.75) is 33.8 Å². The van der Waals surface area contributed by atoms with E-state index in [9.17, 15) is 32.5 Å². The average Bonchev–Trinajstić information content (AvgIpc) is 3.19. The highest BCUT2D eigenvalue weighted by atomic mass is 35.5. The largest absolute Gasteiger partial charge is 0.476 e. The van der Waals surface area contributed by atoms with Crippen LogP contribution in [0.5, 0.6) is 0 Å². The van der Waals surface area contributed by atoms with Crippen LogP contribution in [-0.4, -0.2) is 43.5 Å². The Bertz CT molecular complexity index is 2420. The zero-order valence-electron chi connectivity index (χ0n) is 30.7. The van der Waals surface area contributed by atoms with Crippen LogP contribution in [0.3, 0.4) is 0 Å². The number of carbonyl (C=O) groups excluding carboxylic acids is 1. The fourth-order valence-corrected chi connectivity index (χ4v) is 4.96. The molecule has 2 heterocycles. The van der Waals surface area contributed by atoms with E-state index in [1.165, 1.54) is 47.1 Å². The number of amides is 1. The van der Waals surface area contributed by atoms with Gasteiger partial charge in [0.15, 0.2) is 17.3 Å². The average molecular weight is 834 g/mol. The molecule has 57 heavy (non-hydrogen) atoms. The topological polar surface area (TPSA) is 179 Å². The van der Waals surface area contributed by atoms with E-state index < -0.39 is 40.1 Å². The highest BCUT2D eigenvalue weighted by molar-refractivity contribution is 7.60. The van der Waals surface area contributed by atoms with Crippen LogP contribution in [0.1, 0.15) is 43.5 Å². The second-order valence-corrected chi connectivity index (χ2v) is 13.2. The maximum Gasteiger partial charge on any atom is 0.360 e. The molecule has 6 aromatic rings. The molecule has 0 aliphatic carbocycles. The van der Waals surface area contributed by atoms with Gasteiger partial charge in [-0.25, -0.2) is 13.6 Å². The molecule has 0 saturated carbocycles. The van der Waals surface area contributed by atoms with E-state index in [4.69, 9.17) is 34.0 Å². The lowest BCUT2D eigenvalue weighted by atomic mass is 10.2. The first-order valence-corrected chi connectivity index (χ1v) is 18.3. The van der Waals surface area contributed by atoms with E-state index in [1.54, 1.807) is 38.4 Å². The summed E-state index contributed by atoms with van der Waals surface area (Å²) in [6.07, 6.45) is 0. The molecule has 293 valence electrons. The lowest BCUT2D eigenvalue weighted by Crippen LogP contribution is -2.27. The first kappa shape index (κ1) is 45.4. The minimum absolute atomic E-state index is 0.0648. The van der Waals surface area contributed by atoms with Crippen molar-refractivity contribution >= 4 is 61.8 Å². The maximum atomic E-state index is 14.0. The molecule has 0 unspecified atom stereocenters. The molecule has 0 bridgehead atoms. The molecule has 6 rings (SSSR count). The Hall–Kier alpha value is -6.02. The van der Waals surface area contributed by atoms with Crippen LogP contribution >= 0.6 is 31.5 Å². The summed E-state index contributed by atoms with van der Waals surface area (Å²) in [7, 11) is 0.123. The van der Waals surface area contributed by atoms with Gasteiger partial charge in [0.25, 0.3) is 5.91 Å². The number of hydrogen-bond donors (Lipinski definition) is 3. The molecule has 0 aliphatic rings. The Morgan fingerprint density at radius 2 is 1.19 bits per heavy atom. The van der Waals surface area contributed by atoms with Gasteiger partial charge in [0.1, 0.15) is 0 Å². The molecule has 1 radical (unpaired) electrons. The Labute approximate surface area is 338 Å². The number of carboxylic acids is 1. The number of nitrogens with two attached hydrogens (primary N) is 1. The Morgan fingerprint density at radius 3 is 1.63 bits per heavy atom. The minimum Gasteiger partial charge on any atom is -0.476 e. The van der Waals surface area contributed by atoms with Crippen molar-refractivity contribution in [3.8, 4) is 0 Å². The van der Waals surface area contributed by atoms with Crippen molar-refractivity contribution < 1.29 is 28.0 Å². The zero-order valence-corrected chi connectivity index (χ0v) is 33.1. The van der Waals surface area contributed by atoms with E-state index in [2.05, 4.69) is 15.5 Å². The van der Waals surface area contributed by atoms with Gasteiger partial charge in [0.05, 0.1) is 42.8 Å². The molecule has 4 N–H and O–H groups in total. The first-order valence-electron chi connectivity index (χ1n) is 16.7. The molecule has 0 aliphatic heterocycles. The number of aromatic nitrogens is 4. The highest BCUT2D eigenvalue weighted by Crippen LogP contribution is 2.22. The highest BCUT2D eigenvalue weighted by Gasteiger charge is 2.18. The van der Waals surface area contributed by atoms with Crippen LogP contribution < -0.4 is 21.9 Å². The molecule has 0 spiro atoms. The van der Waals surface area contributed by atoms with Gasteiger partial charge in [0, 0.05) is 23.5 Å². The van der Waals surface area contributed by atoms with Gasteiger partial charge in [-0.15, -0.1) is 0 Å². The number of aryl methyl sites for hydroxylation is 2. The van der Waals surface area contributed by atoms with E-state index in [-0.39, 0.29) is 35.5 Å². The van der Waals surface area contributed by atoms with E-state index in [1.807, 2.05) is 60.7 Å². The summed E-state index contributed by atoms with van der Waals surface area (Å²) < 4.78 is 38.7.